The number of hydrogen-bond acceptors (Lipinski definition) is 3. The third kappa shape index (κ3) is 2.16. The summed E-state index contributed by atoms with van der Waals surface area (Å²) in [5.41, 5.74) is 7.48. The smallest absolute Gasteiger partial charge is 0.205 e. The van der Waals surface area contributed by atoms with Gasteiger partial charge in [0.25, 0.3) is 0 Å². The topological polar surface area (TPSA) is 56.2 Å². The summed E-state index contributed by atoms with van der Waals surface area (Å²) in [5, 5.41) is 0.997. The molecule has 1 heterocycles. The number of hydrogen-bond donors (Lipinski definition) is 1. The molecule has 1 saturated carbocycles. The lowest BCUT2D eigenvalue weighted by Crippen LogP contribution is -2.40. The van der Waals surface area contributed by atoms with Crippen LogP contribution >= 0.6 is 0 Å². The fourth-order valence-corrected chi connectivity index (χ4v) is 3.29. The number of nitrogens with two attached hydrogens (primary N) is 1. The van der Waals surface area contributed by atoms with Crippen molar-refractivity contribution in [3.63, 3.8) is 0 Å². The fourth-order valence-electron chi connectivity index (χ4n) is 3.29. The van der Waals surface area contributed by atoms with Crippen molar-refractivity contribution >= 4 is 16.8 Å². The summed E-state index contributed by atoms with van der Waals surface area (Å²) in [6.45, 7) is 2.46. The van der Waals surface area contributed by atoms with E-state index in [1.165, 1.54) is 12.0 Å². The molecule has 20 heavy (non-hydrogen) atoms. The van der Waals surface area contributed by atoms with Crippen molar-refractivity contribution in [2.45, 2.75) is 39.0 Å². The summed E-state index contributed by atoms with van der Waals surface area (Å²) in [6, 6.07) is 7.85. The zero-order valence-corrected chi connectivity index (χ0v) is 11.9. The third-order valence-corrected chi connectivity index (χ3v) is 4.58. The molecule has 0 atom stereocenters. The van der Waals surface area contributed by atoms with Crippen LogP contribution in [0.15, 0.2) is 28.7 Å². The van der Waals surface area contributed by atoms with Crippen molar-refractivity contribution in [3.05, 3.63) is 35.6 Å². The number of Topliss-reactive ketones (excluding diaryl/α,β-unsaturated/α-hetero) is 1. The molecule has 0 bridgehead atoms. The van der Waals surface area contributed by atoms with E-state index in [1.807, 2.05) is 31.2 Å². The largest absolute Gasteiger partial charge is 0.453 e. The van der Waals surface area contributed by atoms with Gasteiger partial charge in [0, 0.05) is 17.3 Å². The quantitative estimate of drug-likeness (QED) is 0.863. The summed E-state index contributed by atoms with van der Waals surface area (Å²) in [4.78, 5) is 12.8. The lowest BCUT2D eigenvalue weighted by molar-refractivity contribution is 0.0700. The van der Waals surface area contributed by atoms with Gasteiger partial charge in [-0.3, -0.25) is 4.79 Å². The lowest BCUT2D eigenvalue weighted by atomic mass is 9.70. The Bertz CT molecular complexity index is 635. The summed E-state index contributed by atoms with van der Waals surface area (Å²) >= 11 is 0. The van der Waals surface area contributed by atoms with Gasteiger partial charge >= 0.3 is 0 Å². The molecule has 1 aliphatic carbocycles. The Morgan fingerprint density at radius 3 is 2.70 bits per heavy atom. The van der Waals surface area contributed by atoms with Gasteiger partial charge < -0.3 is 10.2 Å². The lowest BCUT2D eigenvalue weighted by Gasteiger charge is -2.33. The van der Waals surface area contributed by atoms with E-state index in [0.717, 1.165) is 36.7 Å². The zero-order valence-electron chi connectivity index (χ0n) is 11.9. The number of aryl methyl sites for hydroxylation is 1. The van der Waals surface area contributed by atoms with E-state index in [0.29, 0.717) is 12.3 Å². The number of rotatable bonds is 3. The maximum Gasteiger partial charge on any atom is 0.205 e. The molecule has 106 valence electrons. The first-order valence-corrected chi connectivity index (χ1v) is 7.40. The Hall–Kier alpha value is -1.61. The average Bonchev–Trinajstić information content (AvgIpc) is 2.90. The number of ketones is 1. The van der Waals surface area contributed by atoms with Gasteiger partial charge in [-0.2, -0.15) is 0 Å². The molecular weight excluding hydrogens is 250 g/mol. The Morgan fingerprint density at radius 2 is 2.00 bits per heavy atom. The van der Waals surface area contributed by atoms with Crippen LogP contribution in [0, 0.1) is 12.3 Å². The molecule has 3 heteroatoms. The first-order valence-electron chi connectivity index (χ1n) is 7.40. The molecule has 0 radical (unpaired) electrons. The summed E-state index contributed by atoms with van der Waals surface area (Å²) in [5.74, 6) is 0.562. The molecule has 0 saturated heterocycles. The molecule has 1 aliphatic rings. The molecule has 0 aliphatic heterocycles. The number of furan rings is 1. The van der Waals surface area contributed by atoms with Crippen molar-refractivity contribution in [1.82, 2.24) is 0 Å². The first kappa shape index (κ1) is 13.4. The highest BCUT2D eigenvalue weighted by Crippen LogP contribution is 2.39. The predicted molar refractivity (Wildman–Crippen MR) is 79.9 cm³/mol. The standard InChI is InChI=1S/C17H21NO2/c1-12-5-6-14-13(9-12)10-15(20-14)16(19)17(11-18)7-3-2-4-8-17/h5-6,9-10H,2-4,7-8,11,18H2,1H3. The molecule has 0 amide bonds. The highest BCUT2D eigenvalue weighted by molar-refractivity contribution is 6.01. The van der Waals surface area contributed by atoms with Crippen LogP contribution in [-0.2, 0) is 0 Å². The van der Waals surface area contributed by atoms with Crippen molar-refractivity contribution in [1.29, 1.82) is 0 Å². The zero-order chi connectivity index (χ0) is 14.2. The maximum atomic E-state index is 12.8. The Labute approximate surface area is 119 Å². The van der Waals surface area contributed by atoms with Gasteiger partial charge in [0.1, 0.15) is 5.58 Å². The minimum Gasteiger partial charge on any atom is -0.453 e. The molecule has 0 spiro atoms. The number of fused-ring (bicyclic) bond motifs is 1. The number of benzene rings is 1. The van der Waals surface area contributed by atoms with Gasteiger partial charge in [-0.25, -0.2) is 0 Å². The van der Waals surface area contributed by atoms with Crippen molar-refractivity contribution < 1.29 is 9.21 Å². The van der Waals surface area contributed by atoms with Crippen LogP contribution < -0.4 is 5.73 Å². The van der Waals surface area contributed by atoms with Gasteiger partial charge in [-0.05, 0) is 38.0 Å². The van der Waals surface area contributed by atoms with Gasteiger partial charge in [0.05, 0.1) is 0 Å². The van der Waals surface area contributed by atoms with Crippen molar-refractivity contribution in [2.75, 3.05) is 6.54 Å². The summed E-state index contributed by atoms with van der Waals surface area (Å²) in [7, 11) is 0. The van der Waals surface area contributed by atoms with E-state index in [9.17, 15) is 4.79 Å². The Balaban J connectivity index is 1.98. The van der Waals surface area contributed by atoms with Crippen LogP contribution in [0.25, 0.3) is 11.0 Å². The van der Waals surface area contributed by atoms with Crippen molar-refractivity contribution in [2.24, 2.45) is 11.1 Å². The van der Waals surface area contributed by atoms with Gasteiger partial charge in [-0.1, -0.05) is 30.9 Å². The second-order valence-electron chi connectivity index (χ2n) is 6.03. The van der Waals surface area contributed by atoms with Crippen LogP contribution in [0.3, 0.4) is 0 Å². The average molecular weight is 271 g/mol. The fraction of sp³-hybridized carbons (Fsp3) is 0.471. The summed E-state index contributed by atoms with van der Waals surface area (Å²) in [6.07, 6.45) is 5.15. The van der Waals surface area contributed by atoms with E-state index in [2.05, 4.69) is 0 Å². The normalized spacial score (nSPS) is 18.3. The van der Waals surface area contributed by atoms with E-state index < -0.39 is 5.41 Å². The number of carbonyl (C=O) groups is 1. The van der Waals surface area contributed by atoms with Crippen LogP contribution in [0.2, 0.25) is 0 Å². The molecule has 1 fully saturated rings. The van der Waals surface area contributed by atoms with E-state index >= 15 is 0 Å². The van der Waals surface area contributed by atoms with Crippen LogP contribution in [0.1, 0.15) is 48.2 Å². The molecule has 2 aromatic rings. The number of carbonyl (C=O) groups excluding carboxylic acids is 1. The molecule has 1 aromatic heterocycles. The van der Waals surface area contributed by atoms with Crippen LogP contribution in [0.4, 0.5) is 0 Å². The molecular formula is C17H21NO2. The monoisotopic (exact) mass is 271 g/mol. The minimum atomic E-state index is -0.402. The van der Waals surface area contributed by atoms with Gasteiger partial charge in [-0.15, -0.1) is 0 Å². The Morgan fingerprint density at radius 1 is 1.25 bits per heavy atom. The van der Waals surface area contributed by atoms with E-state index in [4.69, 9.17) is 10.2 Å². The minimum absolute atomic E-state index is 0.0913. The molecule has 2 N–H and O–H groups in total. The van der Waals surface area contributed by atoms with E-state index in [1.54, 1.807) is 0 Å². The van der Waals surface area contributed by atoms with Crippen LogP contribution in [0.5, 0.6) is 0 Å². The van der Waals surface area contributed by atoms with Gasteiger partial charge in [0.15, 0.2) is 5.76 Å². The second kappa shape index (κ2) is 5.06. The maximum absolute atomic E-state index is 12.8. The van der Waals surface area contributed by atoms with Crippen LogP contribution in [-0.4, -0.2) is 12.3 Å². The molecule has 0 unspecified atom stereocenters. The SMILES string of the molecule is Cc1ccc2oc(C(=O)C3(CN)CCCCC3)cc2c1. The molecule has 3 nitrogen and oxygen atoms in total. The molecule has 1 aromatic carbocycles. The van der Waals surface area contributed by atoms with E-state index in [-0.39, 0.29) is 5.78 Å². The first-order chi connectivity index (χ1) is 9.64. The summed E-state index contributed by atoms with van der Waals surface area (Å²) < 4.78 is 5.76. The highest BCUT2D eigenvalue weighted by Gasteiger charge is 2.40. The highest BCUT2D eigenvalue weighted by atomic mass is 16.3. The van der Waals surface area contributed by atoms with Gasteiger partial charge in [0.2, 0.25) is 5.78 Å². The molecule has 3 rings (SSSR count). The third-order valence-electron chi connectivity index (χ3n) is 4.58. The van der Waals surface area contributed by atoms with Crippen molar-refractivity contribution in [3.8, 4) is 0 Å². The predicted octanol–water partition coefficient (Wildman–Crippen LogP) is 3.83. The Kier molecular flexibility index (Phi) is 3.38. The second-order valence-corrected chi connectivity index (χ2v) is 6.03.